The lowest BCUT2D eigenvalue weighted by Gasteiger charge is -2.25. The van der Waals surface area contributed by atoms with Gasteiger partial charge in [-0.25, -0.2) is 0 Å². The topological polar surface area (TPSA) is 20.3 Å². The van der Waals surface area contributed by atoms with Gasteiger partial charge in [-0.05, 0) is 25.2 Å². The molecule has 100 valence electrons. The largest absolute Gasteiger partial charge is 0.306 e. The van der Waals surface area contributed by atoms with Gasteiger partial charge in [-0.3, -0.25) is 4.67 Å². The maximum atomic E-state index is 13.2. The molecule has 0 unspecified atom stereocenters. The summed E-state index contributed by atoms with van der Waals surface area (Å²) in [6.45, 7) is 0. The molecule has 0 heterocycles. The van der Waals surface area contributed by atoms with Crippen molar-refractivity contribution in [3.05, 3.63) is 71.8 Å². The van der Waals surface area contributed by atoms with Crippen LogP contribution in [0.15, 0.2) is 60.7 Å². The van der Waals surface area contributed by atoms with Crippen molar-refractivity contribution >= 4 is 7.29 Å². The van der Waals surface area contributed by atoms with Gasteiger partial charge in [-0.2, -0.15) is 0 Å². The van der Waals surface area contributed by atoms with Gasteiger partial charge in [-0.15, -0.1) is 0 Å². The second kappa shape index (κ2) is 6.18. The third-order valence-corrected chi connectivity index (χ3v) is 6.45. The van der Waals surface area contributed by atoms with Gasteiger partial charge in [0.15, 0.2) is 7.29 Å². The first-order valence-corrected chi connectivity index (χ1v) is 8.47. The molecule has 0 spiro atoms. The molecule has 2 nitrogen and oxygen atoms in total. The lowest BCUT2D eigenvalue weighted by atomic mass is 10.2. The van der Waals surface area contributed by atoms with Crippen LogP contribution in [0.25, 0.3) is 0 Å². The summed E-state index contributed by atoms with van der Waals surface area (Å²) in [5, 5.41) is 0. The number of nitrogens with zero attached hydrogens (tertiary/aromatic N) is 1. The van der Waals surface area contributed by atoms with E-state index < -0.39 is 7.29 Å². The molecular formula is C16H20NOP. The lowest BCUT2D eigenvalue weighted by molar-refractivity contribution is 0.512. The smallest absolute Gasteiger partial charge is 0.158 e. The fourth-order valence-corrected chi connectivity index (χ4v) is 4.32. The molecule has 0 aliphatic carbocycles. The summed E-state index contributed by atoms with van der Waals surface area (Å²) in [7, 11) is 1.42. The van der Waals surface area contributed by atoms with Crippen LogP contribution in [0.5, 0.6) is 0 Å². The molecule has 0 saturated heterocycles. The fourth-order valence-electron chi connectivity index (χ4n) is 2.08. The molecule has 0 atom stereocenters. The van der Waals surface area contributed by atoms with E-state index in [2.05, 4.69) is 0 Å². The van der Waals surface area contributed by atoms with E-state index in [4.69, 9.17) is 0 Å². The summed E-state index contributed by atoms with van der Waals surface area (Å²) in [4.78, 5) is 0. The molecular weight excluding hydrogens is 253 g/mol. The summed E-state index contributed by atoms with van der Waals surface area (Å²) in [5.41, 5.74) is 2.27. The van der Waals surface area contributed by atoms with Crippen molar-refractivity contribution in [3.63, 3.8) is 0 Å². The quantitative estimate of drug-likeness (QED) is 0.760. The van der Waals surface area contributed by atoms with Crippen LogP contribution in [0.1, 0.15) is 11.1 Å². The molecule has 2 aromatic rings. The van der Waals surface area contributed by atoms with Crippen molar-refractivity contribution in [2.45, 2.75) is 12.3 Å². The second-order valence-corrected chi connectivity index (χ2v) is 8.11. The third-order valence-electron chi connectivity index (χ3n) is 3.27. The predicted octanol–water partition coefficient (Wildman–Crippen LogP) is 4.23. The van der Waals surface area contributed by atoms with Gasteiger partial charge in [0.05, 0.1) is 0 Å². The highest BCUT2D eigenvalue weighted by Gasteiger charge is 2.25. The highest BCUT2D eigenvalue weighted by Crippen LogP contribution is 2.53. The average Bonchev–Trinajstić information content (AvgIpc) is 2.40. The van der Waals surface area contributed by atoms with Gasteiger partial charge in [0.2, 0.25) is 0 Å². The molecule has 19 heavy (non-hydrogen) atoms. The maximum absolute atomic E-state index is 13.2. The van der Waals surface area contributed by atoms with Crippen molar-refractivity contribution in [3.8, 4) is 0 Å². The summed E-state index contributed by atoms with van der Waals surface area (Å²) in [5.74, 6) is 0. The van der Waals surface area contributed by atoms with E-state index in [9.17, 15) is 4.57 Å². The molecule has 3 heteroatoms. The van der Waals surface area contributed by atoms with Crippen molar-refractivity contribution in [2.24, 2.45) is 0 Å². The van der Waals surface area contributed by atoms with E-state index in [1.54, 1.807) is 0 Å². The van der Waals surface area contributed by atoms with Crippen LogP contribution in [0.3, 0.4) is 0 Å². The zero-order valence-electron chi connectivity index (χ0n) is 11.5. The standard InChI is InChI=1S/C16H20NOP/c1-17(2)19(18,13-15-9-5-3-6-10-15)14-16-11-7-4-8-12-16/h3-12H,13-14H2,1-2H3. The summed E-state index contributed by atoms with van der Waals surface area (Å²) >= 11 is 0. The maximum Gasteiger partial charge on any atom is 0.158 e. The summed E-state index contributed by atoms with van der Waals surface area (Å²) in [6, 6.07) is 20.1. The van der Waals surface area contributed by atoms with Crippen molar-refractivity contribution in [1.29, 1.82) is 0 Å². The monoisotopic (exact) mass is 273 g/mol. The zero-order valence-corrected chi connectivity index (χ0v) is 12.4. The molecule has 0 saturated carbocycles. The minimum Gasteiger partial charge on any atom is -0.306 e. The molecule has 2 rings (SSSR count). The van der Waals surface area contributed by atoms with Crippen LogP contribution in [0, 0.1) is 0 Å². The predicted molar refractivity (Wildman–Crippen MR) is 81.6 cm³/mol. The number of rotatable bonds is 5. The van der Waals surface area contributed by atoms with E-state index in [-0.39, 0.29) is 0 Å². The first-order chi connectivity index (χ1) is 9.10. The Balaban J connectivity index is 2.21. The van der Waals surface area contributed by atoms with E-state index in [1.807, 2.05) is 79.4 Å². The molecule has 0 fully saturated rings. The van der Waals surface area contributed by atoms with Gasteiger partial charge >= 0.3 is 0 Å². The van der Waals surface area contributed by atoms with Crippen molar-refractivity contribution in [2.75, 3.05) is 14.1 Å². The van der Waals surface area contributed by atoms with E-state index in [0.717, 1.165) is 11.1 Å². The highest BCUT2D eigenvalue weighted by atomic mass is 31.2. The number of hydrogen-bond donors (Lipinski definition) is 0. The normalized spacial score (nSPS) is 11.7. The molecule has 0 radical (unpaired) electrons. The third kappa shape index (κ3) is 3.79. The SMILES string of the molecule is CN(C)P(=O)(Cc1ccccc1)Cc1ccccc1. The Labute approximate surface area is 115 Å². The molecule has 0 N–H and O–H groups in total. The van der Waals surface area contributed by atoms with E-state index in [0.29, 0.717) is 12.3 Å². The zero-order chi connectivity index (χ0) is 13.7. The minimum atomic E-state index is -2.40. The average molecular weight is 273 g/mol. The number of benzene rings is 2. The Morgan fingerprint density at radius 3 is 1.47 bits per heavy atom. The fraction of sp³-hybridized carbons (Fsp3) is 0.250. The van der Waals surface area contributed by atoms with E-state index >= 15 is 0 Å². The van der Waals surface area contributed by atoms with Crippen LogP contribution in [0.4, 0.5) is 0 Å². The molecule has 0 aromatic heterocycles. The Morgan fingerprint density at radius 1 is 0.789 bits per heavy atom. The van der Waals surface area contributed by atoms with Gasteiger partial charge in [0, 0.05) is 12.3 Å². The molecule has 0 aliphatic rings. The first-order valence-electron chi connectivity index (χ1n) is 6.44. The van der Waals surface area contributed by atoms with Gasteiger partial charge in [-0.1, -0.05) is 60.7 Å². The minimum absolute atomic E-state index is 0.621. The van der Waals surface area contributed by atoms with Crippen LogP contribution >= 0.6 is 7.29 Å². The van der Waals surface area contributed by atoms with Crippen molar-refractivity contribution in [1.82, 2.24) is 4.67 Å². The lowest BCUT2D eigenvalue weighted by Crippen LogP contribution is -2.12. The van der Waals surface area contributed by atoms with Crippen LogP contribution in [0.2, 0.25) is 0 Å². The molecule has 2 aromatic carbocycles. The number of hydrogen-bond acceptors (Lipinski definition) is 1. The highest BCUT2D eigenvalue weighted by molar-refractivity contribution is 7.59. The molecule has 0 aliphatic heterocycles. The molecule has 0 amide bonds. The summed E-state index contributed by atoms with van der Waals surface area (Å²) in [6.07, 6.45) is 1.24. The molecule has 0 bridgehead atoms. The Bertz CT molecular complexity index is 506. The Hall–Kier alpha value is -1.37. The van der Waals surface area contributed by atoms with Gasteiger partial charge in [0.25, 0.3) is 0 Å². The van der Waals surface area contributed by atoms with Crippen molar-refractivity contribution < 1.29 is 4.57 Å². The Kier molecular flexibility index (Phi) is 4.57. The van der Waals surface area contributed by atoms with Gasteiger partial charge < -0.3 is 4.57 Å². The van der Waals surface area contributed by atoms with Gasteiger partial charge in [0.1, 0.15) is 0 Å². The second-order valence-electron chi connectivity index (χ2n) is 4.98. The summed E-state index contributed by atoms with van der Waals surface area (Å²) < 4.78 is 15.1. The van der Waals surface area contributed by atoms with E-state index in [1.165, 1.54) is 0 Å². The van der Waals surface area contributed by atoms with Crippen LogP contribution in [-0.4, -0.2) is 18.8 Å². The van der Waals surface area contributed by atoms with Crippen LogP contribution < -0.4 is 0 Å². The van der Waals surface area contributed by atoms with Crippen LogP contribution in [-0.2, 0) is 16.9 Å². The Morgan fingerprint density at radius 2 is 1.16 bits per heavy atom. The first kappa shape index (κ1) is 14.0.